The number of hydrogen-bond donors (Lipinski definition) is 1. The van der Waals surface area contributed by atoms with Crippen LogP contribution in [0.2, 0.25) is 0 Å². The van der Waals surface area contributed by atoms with Crippen molar-refractivity contribution in [3.8, 4) is 5.75 Å². The molecule has 0 amide bonds. The molecule has 138 valence electrons. The second kappa shape index (κ2) is 9.04. The number of rotatable bonds is 9. The van der Waals surface area contributed by atoms with Crippen molar-refractivity contribution in [1.82, 2.24) is 9.88 Å². The minimum absolute atomic E-state index is 0.573. The quantitative estimate of drug-likeness (QED) is 0.719. The highest BCUT2D eigenvalue weighted by Gasteiger charge is 2.18. The molecule has 0 aliphatic heterocycles. The Balaban J connectivity index is 2.10. The van der Waals surface area contributed by atoms with Crippen LogP contribution in [-0.4, -0.2) is 42.7 Å². The molecule has 0 aliphatic rings. The molecule has 1 atom stereocenters. The molecule has 1 aromatic heterocycles. The fourth-order valence-corrected chi connectivity index (χ4v) is 3.10. The minimum atomic E-state index is 0.573. The Morgan fingerprint density at radius 1 is 1.16 bits per heavy atom. The first-order chi connectivity index (χ1) is 11.9. The highest BCUT2D eigenvalue weighted by atomic mass is 16.5. The van der Waals surface area contributed by atoms with Gasteiger partial charge in [0.15, 0.2) is 0 Å². The maximum absolute atomic E-state index is 5.43. The van der Waals surface area contributed by atoms with E-state index in [0.717, 1.165) is 42.0 Å². The van der Waals surface area contributed by atoms with E-state index in [2.05, 4.69) is 55.9 Å². The first-order valence-corrected chi connectivity index (χ1v) is 9.33. The molecular formula is C21H33N3O. The van der Waals surface area contributed by atoms with Gasteiger partial charge in [0.05, 0.1) is 18.3 Å². The van der Waals surface area contributed by atoms with Crippen molar-refractivity contribution in [2.24, 2.45) is 11.8 Å². The number of benzene rings is 1. The molecule has 4 heteroatoms. The lowest BCUT2D eigenvalue weighted by molar-refractivity contribution is 0.156. The lowest BCUT2D eigenvalue weighted by atomic mass is 10.0. The lowest BCUT2D eigenvalue weighted by Gasteiger charge is -2.33. The Hall–Kier alpha value is -1.81. The number of anilines is 1. The van der Waals surface area contributed by atoms with Gasteiger partial charge in [-0.1, -0.05) is 33.8 Å². The Labute approximate surface area is 152 Å². The van der Waals surface area contributed by atoms with Gasteiger partial charge in [-0.3, -0.25) is 9.88 Å². The molecule has 2 aromatic rings. The summed E-state index contributed by atoms with van der Waals surface area (Å²) in [5.74, 6) is 2.18. The van der Waals surface area contributed by atoms with Crippen LogP contribution >= 0.6 is 0 Å². The number of methoxy groups -OCH3 is 1. The van der Waals surface area contributed by atoms with Crippen LogP contribution in [0.25, 0.3) is 10.9 Å². The van der Waals surface area contributed by atoms with Crippen LogP contribution in [0, 0.1) is 11.8 Å². The summed E-state index contributed by atoms with van der Waals surface area (Å²) in [5.41, 5.74) is 2.03. The van der Waals surface area contributed by atoms with Crippen molar-refractivity contribution in [2.75, 3.05) is 32.1 Å². The van der Waals surface area contributed by atoms with Crippen LogP contribution in [0.4, 0.5) is 5.69 Å². The van der Waals surface area contributed by atoms with Gasteiger partial charge < -0.3 is 10.1 Å². The van der Waals surface area contributed by atoms with E-state index in [-0.39, 0.29) is 0 Å². The van der Waals surface area contributed by atoms with Crippen molar-refractivity contribution < 1.29 is 4.74 Å². The summed E-state index contributed by atoms with van der Waals surface area (Å²) < 4.78 is 5.43. The molecule has 25 heavy (non-hydrogen) atoms. The van der Waals surface area contributed by atoms with Crippen LogP contribution in [0.15, 0.2) is 30.5 Å². The molecule has 0 radical (unpaired) electrons. The first-order valence-electron chi connectivity index (χ1n) is 9.33. The van der Waals surface area contributed by atoms with Gasteiger partial charge in [0.2, 0.25) is 0 Å². The molecule has 1 heterocycles. The molecule has 1 unspecified atom stereocenters. The normalized spacial score (nSPS) is 13.0. The molecule has 0 spiro atoms. The van der Waals surface area contributed by atoms with Crippen LogP contribution < -0.4 is 10.1 Å². The Morgan fingerprint density at radius 3 is 2.56 bits per heavy atom. The molecule has 0 aliphatic carbocycles. The van der Waals surface area contributed by atoms with E-state index in [1.54, 1.807) is 7.11 Å². The fourth-order valence-electron chi connectivity index (χ4n) is 3.10. The van der Waals surface area contributed by atoms with Crippen LogP contribution in [0.1, 0.15) is 34.6 Å². The van der Waals surface area contributed by atoms with E-state index in [1.807, 2.05) is 24.4 Å². The molecule has 0 saturated carbocycles. The number of fused-ring (bicyclic) bond motifs is 1. The van der Waals surface area contributed by atoms with E-state index < -0.39 is 0 Å². The van der Waals surface area contributed by atoms with Gasteiger partial charge in [0.25, 0.3) is 0 Å². The van der Waals surface area contributed by atoms with E-state index in [0.29, 0.717) is 17.9 Å². The van der Waals surface area contributed by atoms with Gasteiger partial charge >= 0.3 is 0 Å². The largest absolute Gasteiger partial charge is 0.497 e. The van der Waals surface area contributed by atoms with Gasteiger partial charge in [-0.15, -0.1) is 0 Å². The SMILES string of the molecule is COc1cc(NCCN(CC(C)C)C(C)C(C)C)c2ncccc2c1. The smallest absolute Gasteiger partial charge is 0.121 e. The maximum Gasteiger partial charge on any atom is 0.121 e. The number of hydrogen-bond acceptors (Lipinski definition) is 4. The average molecular weight is 344 g/mol. The number of nitrogens with zero attached hydrogens (tertiary/aromatic N) is 2. The lowest BCUT2D eigenvalue weighted by Crippen LogP contribution is -2.41. The zero-order chi connectivity index (χ0) is 18.4. The summed E-state index contributed by atoms with van der Waals surface area (Å²) in [6.07, 6.45) is 1.84. The van der Waals surface area contributed by atoms with Crippen molar-refractivity contribution >= 4 is 16.6 Å². The molecule has 0 saturated heterocycles. The standard InChI is InChI=1S/C21H33N3O/c1-15(2)14-24(17(5)16(3)4)11-10-22-20-13-19(25-6)12-18-8-7-9-23-21(18)20/h7-9,12-13,15-17,22H,10-11,14H2,1-6H3. The third-order valence-electron chi connectivity index (χ3n) is 4.77. The van der Waals surface area contributed by atoms with Crippen molar-refractivity contribution in [3.05, 3.63) is 30.5 Å². The highest BCUT2D eigenvalue weighted by molar-refractivity contribution is 5.91. The number of ether oxygens (including phenoxy) is 1. The zero-order valence-electron chi connectivity index (χ0n) is 16.5. The zero-order valence-corrected chi connectivity index (χ0v) is 16.5. The van der Waals surface area contributed by atoms with Gasteiger partial charge in [-0.2, -0.15) is 0 Å². The molecule has 0 fully saturated rings. The van der Waals surface area contributed by atoms with Crippen LogP contribution in [-0.2, 0) is 0 Å². The van der Waals surface area contributed by atoms with Gasteiger partial charge in [-0.25, -0.2) is 0 Å². The number of aromatic nitrogens is 1. The van der Waals surface area contributed by atoms with Gasteiger partial charge in [-0.05, 0) is 30.9 Å². The van der Waals surface area contributed by atoms with E-state index in [4.69, 9.17) is 4.74 Å². The summed E-state index contributed by atoms with van der Waals surface area (Å²) in [4.78, 5) is 7.12. The second-order valence-electron chi connectivity index (χ2n) is 7.55. The molecular weight excluding hydrogens is 310 g/mol. The van der Waals surface area contributed by atoms with Gasteiger partial charge in [0.1, 0.15) is 5.75 Å². The molecule has 1 N–H and O–H groups in total. The second-order valence-corrected chi connectivity index (χ2v) is 7.55. The summed E-state index contributed by atoms with van der Waals surface area (Å²) in [6.45, 7) is 14.5. The maximum atomic E-state index is 5.43. The third kappa shape index (κ3) is 5.33. The summed E-state index contributed by atoms with van der Waals surface area (Å²) in [7, 11) is 1.70. The highest BCUT2D eigenvalue weighted by Crippen LogP contribution is 2.27. The van der Waals surface area contributed by atoms with E-state index in [1.165, 1.54) is 0 Å². The third-order valence-corrected chi connectivity index (χ3v) is 4.77. The fraction of sp³-hybridized carbons (Fsp3) is 0.571. The van der Waals surface area contributed by atoms with Crippen LogP contribution in [0.3, 0.4) is 0 Å². The summed E-state index contributed by atoms with van der Waals surface area (Å²) in [5, 5.41) is 4.67. The molecule has 1 aromatic carbocycles. The monoisotopic (exact) mass is 343 g/mol. The predicted molar refractivity (Wildman–Crippen MR) is 107 cm³/mol. The molecule has 0 bridgehead atoms. The topological polar surface area (TPSA) is 37.4 Å². The van der Waals surface area contributed by atoms with Gasteiger partial charge in [0, 0.05) is 43.3 Å². The number of pyridine rings is 1. The minimum Gasteiger partial charge on any atom is -0.497 e. The Kier molecular flexibility index (Phi) is 7.06. The predicted octanol–water partition coefficient (Wildman–Crippen LogP) is 4.66. The summed E-state index contributed by atoms with van der Waals surface area (Å²) in [6, 6.07) is 8.67. The van der Waals surface area contributed by atoms with Crippen molar-refractivity contribution in [2.45, 2.75) is 40.7 Å². The molecule has 2 rings (SSSR count). The van der Waals surface area contributed by atoms with E-state index >= 15 is 0 Å². The first kappa shape index (κ1) is 19.5. The van der Waals surface area contributed by atoms with E-state index in [9.17, 15) is 0 Å². The summed E-state index contributed by atoms with van der Waals surface area (Å²) >= 11 is 0. The molecule has 4 nitrogen and oxygen atoms in total. The Bertz CT molecular complexity index is 669. The van der Waals surface area contributed by atoms with Crippen molar-refractivity contribution in [3.63, 3.8) is 0 Å². The van der Waals surface area contributed by atoms with Crippen molar-refractivity contribution in [1.29, 1.82) is 0 Å². The average Bonchev–Trinajstić information content (AvgIpc) is 2.59. The Morgan fingerprint density at radius 2 is 1.92 bits per heavy atom. The van der Waals surface area contributed by atoms with Crippen LogP contribution in [0.5, 0.6) is 5.75 Å². The number of nitrogens with one attached hydrogen (secondary N) is 1.